The molecule has 2 aromatic heterocycles. The zero-order valence-corrected chi connectivity index (χ0v) is 15.0. The molecule has 0 unspecified atom stereocenters. The highest BCUT2D eigenvalue weighted by Gasteiger charge is 2.10. The number of carbonyl (C=O) groups excluding carboxylic acids is 1. The Kier molecular flexibility index (Phi) is 4.87. The largest absolute Gasteiger partial charge is 0.302 e. The molecule has 2 heterocycles. The second-order valence-corrected chi connectivity index (χ2v) is 7.75. The molecule has 8 heteroatoms. The van der Waals surface area contributed by atoms with E-state index in [0.717, 1.165) is 20.6 Å². The molecule has 0 aliphatic carbocycles. The minimum atomic E-state index is -0.0921. The van der Waals surface area contributed by atoms with Gasteiger partial charge in [-0.05, 0) is 17.7 Å². The van der Waals surface area contributed by atoms with Crippen LogP contribution in [0.2, 0.25) is 4.47 Å². The molecule has 0 spiro atoms. The normalized spacial score (nSPS) is 10.6. The quantitative estimate of drug-likeness (QED) is 0.663. The molecule has 22 heavy (non-hydrogen) atoms. The van der Waals surface area contributed by atoms with Gasteiger partial charge in [0.15, 0.2) is 9.60 Å². The van der Waals surface area contributed by atoms with Gasteiger partial charge in [-0.2, -0.15) is 0 Å². The van der Waals surface area contributed by atoms with Crippen LogP contribution in [0.5, 0.6) is 0 Å². The first-order chi connectivity index (χ1) is 10.6. The van der Waals surface area contributed by atoms with Gasteiger partial charge in [0.25, 0.3) is 0 Å². The van der Waals surface area contributed by atoms with Gasteiger partial charge >= 0.3 is 0 Å². The molecule has 0 radical (unpaired) electrons. The maximum absolute atomic E-state index is 12.0. The van der Waals surface area contributed by atoms with Crippen molar-refractivity contribution < 1.29 is 4.79 Å². The molecule has 0 saturated heterocycles. The lowest BCUT2D eigenvalue weighted by Crippen LogP contribution is -2.14. The first kappa shape index (κ1) is 15.6. The van der Waals surface area contributed by atoms with Crippen molar-refractivity contribution >= 4 is 61.2 Å². The zero-order valence-electron chi connectivity index (χ0n) is 11.0. The smallest absolute Gasteiger partial charge is 0.230 e. The third-order valence-electron chi connectivity index (χ3n) is 2.76. The van der Waals surface area contributed by atoms with Crippen LogP contribution in [-0.4, -0.2) is 15.9 Å². The minimum absolute atomic E-state index is 0.0921. The van der Waals surface area contributed by atoms with Crippen LogP contribution in [0.3, 0.4) is 0 Å². The summed E-state index contributed by atoms with van der Waals surface area (Å²) in [6.45, 7) is 0. The zero-order chi connectivity index (χ0) is 15.5. The molecule has 0 bridgehead atoms. The SMILES string of the molecule is O=C(Cc1ccc(Br)cc1)Nc1nc(-c2cnc(Cl)s2)cs1. The fourth-order valence-corrected chi connectivity index (χ4v) is 3.73. The van der Waals surface area contributed by atoms with Crippen molar-refractivity contribution in [3.05, 3.63) is 50.3 Å². The van der Waals surface area contributed by atoms with Gasteiger partial charge in [-0.15, -0.1) is 22.7 Å². The third kappa shape index (κ3) is 3.92. The Balaban J connectivity index is 1.64. The number of hydrogen-bond acceptors (Lipinski definition) is 5. The summed E-state index contributed by atoms with van der Waals surface area (Å²) in [6.07, 6.45) is 1.99. The van der Waals surface area contributed by atoms with Crippen molar-refractivity contribution in [2.45, 2.75) is 6.42 Å². The van der Waals surface area contributed by atoms with E-state index in [1.54, 1.807) is 6.20 Å². The monoisotopic (exact) mass is 413 g/mol. The maximum Gasteiger partial charge on any atom is 0.230 e. The van der Waals surface area contributed by atoms with E-state index in [1.165, 1.54) is 22.7 Å². The number of nitrogens with one attached hydrogen (secondary N) is 1. The van der Waals surface area contributed by atoms with Crippen molar-refractivity contribution in [3.8, 4) is 10.6 Å². The Labute approximate surface area is 148 Å². The second-order valence-electron chi connectivity index (χ2n) is 4.37. The van der Waals surface area contributed by atoms with E-state index < -0.39 is 0 Å². The number of aromatic nitrogens is 2. The van der Waals surface area contributed by atoms with Gasteiger partial charge in [0, 0.05) is 16.0 Å². The van der Waals surface area contributed by atoms with Gasteiger partial charge in [0.1, 0.15) is 0 Å². The first-order valence-electron chi connectivity index (χ1n) is 6.22. The number of carbonyl (C=O) groups is 1. The molecule has 3 aromatic rings. The highest BCUT2D eigenvalue weighted by molar-refractivity contribution is 9.10. The van der Waals surface area contributed by atoms with Crippen LogP contribution in [0.25, 0.3) is 10.6 Å². The second kappa shape index (κ2) is 6.87. The molecule has 112 valence electrons. The number of hydrogen-bond donors (Lipinski definition) is 1. The van der Waals surface area contributed by atoms with Gasteiger partial charge < -0.3 is 5.32 Å². The number of benzene rings is 1. The van der Waals surface area contributed by atoms with Crippen molar-refractivity contribution in [1.29, 1.82) is 0 Å². The fraction of sp³-hybridized carbons (Fsp3) is 0.0714. The first-order valence-corrected chi connectivity index (χ1v) is 9.08. The summed E-state index contributed by atoms with van der Waals surface area (Å²) in [7, 11) is 0. The standard InChI is InChI=1S/C14H9BrClN3OS2/c15-9-3-1-8(2-4-9)5-12(20)19-14-18-10(7-21-14)11-6-17-13(16)22-11/h1-4,6-7H,5H2,(H,18,19,20). The highest BCUT2D eigenvalue weighted by atomic mass is 79.9. The van der Waals surface area contributed by atoms with Crippen molar-refractivity contribution in [3.63, 3.8) is 0 Å². The van der Waals surface area contributed by atoms with Crippen LogP contribution < -0.4 is 5.32 Å². The summed E-state index contributed by atoms with van der Waals surface area (Å²) in [5.74, 6) is -0.0921. The van der Waals surface area contributed by atoms with Gasteiger partial charge in [0.2, 0.25) is 5.91 Å². The molecule has 0 fully saturated rings. The van der Waals surface area contributed by atoms with E-state index in [4.69, 9.17) is 11.6 Å². The molecular formula is C14H9BrClN3OS2. The van der Waals surface area contributed by atoms with Gasteiger partial charge in [-0.3, -0.25) is 4.79 Å². The summed E-state index contributed by atoms with van der Waals surface area (Å²) >= 11 is 11.9. The molecule has 1 N–H and O–H groups in total. The van der Waals surface area contributed by atoms with Crippen LogP contribution in [0.15, 0.2) is 40.3 Å². The van der Waals surface area contributed by atoms with Gasteiger partial charge in [-0.1, -0.05) is 39.7 Å². The number of rotatable bonds is 4. The molecule has 0 saturated carbocycles. The van der Waals surface area contributed by atoms with E-state index in [2.05, 4.69) is 31.2 Å². The summed E-state index contributed by atoms with van der Waals surface area (Å²) in [5.41, 5.74) is 1.72. The summed E-state index contributed by atoms with van der Waals surface area (Å²) in [6, 6.07) is 7.65. The number of thiazole rings is 2. The Hall–Kier alpha value is -1.28. The Morgan fingerprint density at radius 1 is 1.32 bits per heavy atom. The lowest BCUT2D eigenvalue weighted by molar-refractivity contribution is -0.115. The summed E-state index contributed by atoms with van der Waals surface area (Å²) in [5, 5.41) is 5.26. The Morgan fingerprint density at radius 3 is 2.77 bits per heavy atom. The number of nitrogens with zero attached hydrogens (tertiary/aromatic N) is 2. The molecule has 3 rings (SSSR count). The predicted molar refractivity (Wildman–Crippen MR) is 94.7 cm³/mol. The maximum atomic E-state index is 12.0. The molecule has 0 aliphatic heterocycles. The van der Waals surface area contributed by atoms with Gasteiger partial charge in [-0.25, -0.2) is 9.97 Å². The van der Waals surface area contributed by atoms with E-state index in [-0.39, 0.29) is 5.91 Å². The third-order valence-corrected chi connectivity index (χ3v) is 5.18. The van der Waals surface area contributed by atoms with E-state index in [9.17, 15) is 4.79 Å². The molecule has 1 amide bonds. The van der Waals surface area contributed by atoms with Crippen LogP contribution in [-0.2, 0) is 11.2 Å². The Morgan fingerprint density at radius 2 is 2.09 bits per heavy atom. The van der Waals surface area contributed by atoms with Crippen LogP contribution in [0, 0.1) is 0 Å². The Bertz CT molecular complexity index is 801. The summed E-state index contributed by atoms with van der Waals surface area (Å²) < 4.78 is 1.47. The molecular weight excluding hydrogens is 406 g/mol. The topological polar surface area (TPSA) is 54.9 Å². The van der Waals surface area contributed by atoms with Gasteiger partial charge in [0.05, 0.1) is 17.0 Å². The molecule has 1 aromatic carbocycles. The molecule has 4 nitrogen and oxygen atoms in total. The fourth-order valence-electron chi connectivity index (χ4n) is 1.77. The molecule has 0 aliphatic rings. The van der Waals surface area contributed by atoms with E-state index in [0.29, 0.717) is 16.0 Å². The minimum Gasteiger partial charge on any atom is -0.302 e. The van der Waals surface area contributed by atoms with Crippen molar-refractivity contribution in [1.82, 2.24) is 9.97 Å². The average Bonchev–Trinajstić information content (AvgIpc) is 3.10. The molecule has 0 atom stereocenters. The average molecular weight is 415 g/mol. The van der Waals surface area contributed by atoms with E-state index in [1.807, 2.05) is 29.6 Å². The van der Waals surface area contributed by atoms with Crippen molar-refractivity contribution in [2.24, 2.45) is 0 Å². The number of amides is 1. The van der Waals surface area contributed by atoms with E-state index >= 15 is 0 Å². The summed E-state index contributed by atoms with van der Waals surface area (Å²) in [4.78, 5) is 21.3. The van der Waals surface area contributed by atoms with Crippen LogP contribution in [0.1, 0.15) is 5.56 Å². The lowest BCUT2D eigenvalue weighted by Gasteiger charge is -2.02. The van der Waals surface area contributed by atoms with Crippen molar-refractivity contribution in [2.75, 3.05) is 5.32 Å². The van der Waals surface area contributed by atoms with Crippen LogP contribution >= 0.6 is 50.2 Å². The highest BCUT2D eigenvalue weighted by Crippen LogP contribution is 2.31. The predicted octanol–water partition coefficient (Wildman–Crippen LogP) is 4.86. The number of anilines is 1. The lowest BCUT2D eigenvalue weighted by atomic mass is 10.1. The number of halogens is 2. The van der Waals surface area contributed by atoms with Crippen LogP contribution in [0.4, 0.5) is 5.13 Å².